The van der Waals surface area contributed by atoms with Crippen LogP contribution in [0.1, 0.15) is 51.2 Å². The van der Waals surface area contributed by atoms with Gasteiger partial charge in [-0.25, -0.2) is 0 Å². The van der Waals surface area contributed by atoms with Gasteiger partial charge < -0.3 is 5.73 Å². The molecule has 0 bridgehead atoms. The van der Waals surface area contributed by atoms with Crippen molar-refractivity contribution in [3.05, 3.63) is 109 Å². The molecule has 152 valence electrons. The van der Waals surface area contributed by atoms with Crippen LogP contribution in [0.4, 0.5) is 0 Å². The highest BCUT2D eigenvalue weighted by molar-refractivity contribution is 5.17. The molecule has 1 nitrogen and oxygen atoms in total. The second-order valence-electron chi connectivity index (χ2n) is 7.35. The molecular weight excluding hydrogens is 338 g/mol. The first-order valence-corrected chi connectivity index (χ1v) is 10.1. The number of aryl methyl sites for hydroxylation is 1. The lowest BCUT2D eigenvalue weighted by molar-refractivity contribution is 0.495. The van der Waals surface area contributed by atoms with E-state index in [1.165, 1.54) is 41.3 Å². The predicted molar refractivity (Wildman–Crippen MR) is 127 cm³/mol. The van der Waals surface area contributed by atoms with E-state index < -0.39 is 0 Å². The fourth-order valence-corrected chi connectivity index (χ4v) is 2.78. The Bertz CT molecular complexity index is 651. The highest BCUT2D eigenvalue weighted by Crippen LogP contribution is 2.22. The summed E-state index contributed by atoms with van der Waals surface area (Å²) < 4.78 is 0. The van der Waals surface area contributed by atoms with Crippen molar-refractivity contribution in [2.24, 2.45) is 11.7 Å². The van der Waals surface area contributed by atoms with E-state index in [2.05, 4.69) is 93.1 Å². The van der Waals surface area contributed by atoms with E-state index in [0.717, 1.165) is 25.2 Å². The van der Waals surface area contributed by atoms with Crippen LogP contribution in [0.25, 0.3) is 0 Å². The molecule has 0 aromatic heterocycles. The number of allylic oxidation sites excluding steroid dienone is 2. The van der Waals surface area contributed by atoms with Gasteiger partial charge in [-0.2, -0.15) is 0 Å². The monoisotopic (exact) mass is 377 g/mol. The van der Waals surface area contributed by atoms with Crippen LogP contribution in [0, 0.1) is 5.92 Å². The molecule has 0 radical (unpaired) electrons. The minimum absolute atomic E-state index is 0.718. The Morgan fingerprint density at radius 2 is 1.36 bits per heavy atom. The molecule has 2 aromatic rings. The Balaban J connectivity index is 0.000000904. The molecule has 0 heterocycles. The van der Waals surface area contributed by atoms with E-state index in [1.807, 2.05) is 13.8 Å². The maximum Gasteiger partial charge on any atom is -0.0136 e. The first-order valence-electron chi connectivity index (χ1n) is 10.1. The van der Waals surface area contributed by atoms with Gasteiger partial charge in [0.05, 0.1) is 0 Å². The molecule has 28 heavy (non-hydrogen) atoms. The summed E-state index contributed by atoms with van der Waals surface area (Å²) >= 11 is 0. The zero-order valence-electron chi connectivity index (χ0n) is 18.2. The molecule has 1 unspecified atom stereocenters. The van der Waals surface area contributed by atoms with E-state index in [4.69, 9.17) is 0 Å². The number of nitrogens with two attached hydrogens (primary N) is 1. The smallest absolute Gasteiger partial charge is 0.0136 e. The Hall–Kier alpha value is -2.54. The van der Waals surface area contributed by atoms with E-state index in [1.54, 1.807) is 0 Å². The Morgan fingerprint density at radius 1 is 0.929 bits per heavy atom. The number of hydrogen-bond acceptors (Lipinski definition) is 1. The number of benzene rings is 2. The molecule has 0 aliphatic carbocycles. The molecule has 0 amide bonds. The molecule has 0 saturated carbocycles. The Morgan fingerprint density at radius 3 is 1.79 bits per heavy atom. The van der Waals surface area contributed by atoms with Gasteiger partial charge >= 0.3 is 0 Å². The van der Waals surface area contributed by atoms with Crippen LogP contribution in [0.15, 0.2) is 97.7 Å². The molecule has 1 atom stereocenters. The number of rotatable bonds is 8. The Kier molecular flexibility index (Phi) is 15.1. The summed E-state index contributed by atoms with van der Waals surface area (Å²) in [6.45, 7) is 17.2. The lowest BCUT2D eigenvalue weighted by atomic mass is 9.89. The van der Waals surface area contributed by atoms with Crippen LogP contribution < -0.4 is 5.73 Å². The van der Waals surface area contributed by atoms with Crippen molar-refractivity contribution in [2.45, 2.75) is 52.9 Å². The summed E-state index contributed by atoms with van der Waals surface area (Å²) in [6, 6.07) is 21.5. The quantitative estimate of drug-likeness (QED) is 0.473. The Labute approximate surface area is 173 Å². The van der Waals surface area contributed by atoms with E-state index in [-0.39, 0.29) is 0 Å². The first-order chi connectivity index (χ1) is 13.4. The third kappa shape index (κ3) is 14.6. The zero-order valence-corrected chi connectivity index (χ0v) is 18.2. The molecule has 2 aromatic carbocycles. The van der Waals surface area contributed by atoms with E-state index >= 15 is 0 Å². The normalized spacial score (nSPS) is 10.4. The molecule has 0 aliphatic heterocycles. The van der Waals surface area contributed by atoms with Gasteiger partial charge in [0.25, 0.3) is 0 Å². The van der Waals surface area contributed by atoms with Crippen molar-refractivity contribution in [3.8, 4) is 0 Å². The van der Waals surface area contributed by atoms with Crippen molar-refractivity contribution < 1.29 is 0 Å². The summed E-state index contributed by atoms with van der Waals surface area (Å²) in [7, 11) is 0. The second kappa shape index (κ2) is 16.6. The molecule has 1 heteroatoms. The van der Waals surface area contributed by atoms with Gasteiger partial charge in [0, 0.05) is 0 Å². The van der Waals surface area contributed by atoms with Crippen molar-refractivity contribution in [2.75, 3.05) is 0 Å². The van der Waals surface area contributed by atoms with Crippen LogP contribution in [-0.4, -0.2) is 0 Å². The first kappa shape index (κ1) is 25.5. The second-order valence-corrected chi connectivity index (χ2v) is 7.35. The zero-order chi connectivity index (χ0) is 21.2. The fraction of sp³-hybridized carbons (Fsp3) is 0.333. The van der Waals surface area contributed by atoms with Gasteiger partial charge in [0.1, 0.15) is 0 Å². The minimum atomic E-state index is 0.718. The van der Waals surface area contributed by atoms with Crippen LogP contribution in [0.2, 0.25) is 0 Å². The summed E-state index contributed by atoms with van der Waals surface area (Å²) in [5.74, 6) is 0.718. The van der Waals surface area contributed by atoms with Crippen LogP contribution >= 0.6 is 0 Å². The van der Waals surface area contributed by atoms with Crippen LogP contribution in [-0.2, 0) is 12.8 Å². The van der Waals surface area contributed by atoms with Gasteiger partial charge in [-0.1, -0.05) is 98.3 Å². The van der Waals surface area contributed by atoms with Crippen LogP contribution in [0.3, 0.4) is 0 Å². The maximum absolute atomic E-state index is 4.61. The number of hydrogen-bond donors (Lipinski definition) is 1. The molecule has 2 rings (SSSR count). The van der Waals surface area contributed by atoms with Gasteiger partial charge in [-0.15, -0.1) is 6.58 Å². The van der Waals surface area contributed by atoms with Gasteiger partial charge in [-0.05, 0) is 62.8 Å². The summed E-state index contributed by atoms with van der Waals surface area (Å²) in [4.78, 5) is 0. The largest absolute Gasteiger partial charge is 0.405 e. The van der Waals surface area contributed by atoms with E-state index in [0.29, 0.717) is 0 Å². The minimum Gasteiger partial charge on any atom is -0.405 e. The molecule has 2 N–H and O–H groups in total. The highest BCUT2D eigenvalue weighted by atomic mass is 14.5. The van der Waals surface area contributed by atoms with E-state index in [9.17, 15) is 0 Å². The third-order valence-electron chi connectivity index (χ3n) is 4.13. The van der Waals surface area contributed by atoms with Crippen molar-refractivity contribution in [1.82, 2.24) is 0 Å². The summed E-state index contributed by atoms with van der Waals surface area (Å²) in [6.07, 6.45) is 7.01. The topological polar surface area (TPSA) is 26.0 Å². The average Bonchev–Trinajstić information content (AvgIpc) is 2.68. The van der Waals surface area contributed by atoms with Crippen molar-refractivity contribution in [1.29, 1.82) is 0 Å². The van der Waals surface area contributed by atoms with Crippen molar-refractivity contribution >= 4 is 0 Å². The van der Waals surface area contributed by atoms with Crippen molar-refractivity contribution in [3.63, 3.8) is 0 Å². The standard InChI is InChI=1S/C21H26.C4H8.C2H5N/c1-3-19(17-21-12-8-5-9-13-21)16-18(2)14-15-20-10-6-4-7-11-20;1-4(2)3;1-2-3/h4-13,19H,2-3,14-17H2,1H3;1H2,2-3H3;2H,1,3H2. The predicted octanol–water partition coefficient (Wildman–Crippen LogP) is 7.51. The molecule has 0 saturated heterocycles. The molecule has 0 aliphatic rings. The molecule has 0 fully saturated rings. The van der Waals surface area contributed by atoms with Gasteiger partial charge in [-0.3, -0.25) is 0 Å². The van der Waals surface area contributed by atoms with Gasteiger partial charge in [0.15, 0.2) is 0 Å². The summed E-state index contributed by atoms with van der Waals surface area (Å²) in [5.41, 5.74) is 10.0. The summed E-state index contributed by atoms with van der Waals surface area (Å²) in [5, 5.41) is 0. The average molecular weight is 378 g/mol. The maximum atomic E-state index is 4.61. The molecule has 0 spiro atoms. The molecular formula is C27H39N. The third-order valence-corrected chi connectivity index (χ3v) is 4.13. The lowest BCUT2D eigenvalue weighted by Crippen LogP contribution is -2.05. The van der Waals surface area contributed by atoms with Crippen LogP contribution in [0.5, 0.6) is 0 Å². The van der Waals surface area contributed by atoms with Gasteiger partial charge in [0.2, 0.25) is 0 Å². The lowest BCUT2D eigenvalue weighted by Gasteiger charge is -2.16. The fourth-order valence-electron chi connectivity index (χ4n) is 2.78. The highest BCUT2D eigenvalue weighted by Gasteiger charge is 2.09. The SMILES string of the molecule is C=C(C)C.C=C(CCc1ccccc1)CC(CC)Cc1ccccc1.C=CN.